The van der Waals surface area contributed by atoms with Gasteiger partial charge in [0.2, 0.25) is 0 Å². The first-order valence-electron chi connectivity index (χ1n) is 5.17. The Morgan fingerprint density at radius 3 is 2.79 bits per heavy atom. The van der Waals surface area contributed by atoms with Crippen LogP contribution in [0.4, 0.5) is 0 Å². The molecule has 0 aliphatic heterocycles. The van der Waals surface area contributed by atoms with Gasteiger partial charge < -0.3 is 5.11 Å². The van der Waals surface area contributed by atoms with Gasteiger partial charge in [0.1, 0.15) is 10.3 Å². The van der Waals surface area contributed by atoms with E-state index in [1.165, 1.54) is 23.1 Å². The van der Waals surface area contributed by atoms with Crippen molar-refractivity contribution in [1.82, 2.24) is 14.5 Å². The van der Waals surface area contributed by atoms with Crippen molar-refractivity contribution in [3.63, 3.8) is 0 Å². The smallest absolute Gasteiger partial charge is 0.326 e. The summed E-state index contributed by atoms with van der Waals surface area (Å²) in [4.78, 5) is 11.2. The molecular weight excluding hydrogens is 290 g/mol. The van der Waals surface area contributed by atoms with Crippen molar-refractivity contribution in [2.45, 2.75) is 10.3 Å². The predicted octanol–water partition coefficient (Wildman–Crippen LogP) is 0.586. The quantitative estimate of drug-likeness (QED) is 0.841. The topological polar surface area (TPSA) is 101 Å². The van der Waals surface area contributed by atoms with E-state index in [2.05, 4.69) is 9.82 Å². The maximum atomic E-state index is 12.0. The number of hydrogen-bond donors (Lipinski definition) is 2. The van der Waals surface area contributed by atoms with E-state index in [0.29, 0.717) is 0 Å². The van der Waals surface area contributed by atoms with Gasteiger partial charge in [-0.1, -0.05) is 6.07 Å². The van der Waals surface area contributed by atoms with Crippen LogP contribution >= 0.6 is 11.3 Å². The molecule has 0 aliphatic rings. The maximum absolute atomic E-state index is 12.0. The van der Waals surface area contributed by atoms with Crippen molar-refractivity contribution in [3.05, 3.63) is 35.5 Å². The lowest BCUT2D eigenvalue weighted by Gasteiger charge is -2.12. The zero-order valence-corrected chi connectivity index (χ0v) is 11.5. The molecule has 1 unspecified atom stereocenters. The SMILES string of the molecule is Cn1cc(C(NS(=O)(=O)c2cccs2)C(=O)O)cn1. The molecule has 9 heteroatoms. The van der Waals surface area contributed by atoms with E-state index in [9.17, 15) is 13.2 Å². The average Bonchev–Trinajstić information content (AvgIpc) is 2.96. The average molecular weight is 301 g/mol. The molecule has 2 aromatic rings. The highest BCUT2D eigenvalue weighted by atomic mass is 32.2. The Bertz CT molecular complexity index is 675. The van der Waals surface area contributed by atoms with E-state index in [-0.39, 0.29) is 9.77 Å². The molecule has 0 saturated carbocycles. The van der Waals surface area contributed by atoms with Crippen molar-refractivity contribution >= 4 is 27.3 Å². The molecule has 0 saturated heterocycles. The number of nitrogens with zero attached hydrogens (tertiary/aromatic N) is 2. The second-order valence-electron chi connectivity index (χ2n) is 3.77. The number of carboxylic acid groups (broad SMARTS) is 1. The number of thiophene rings is 1. The van der Waals surface area contributed by atoms with Gasteiger partial charge >= 0.3 is 5.97 Å². The number of aromatic nitrogens is 2. The predicted molar refractivity (Wildman–Crippen MR) is 68.2 cm³/mol. The van der Waals surface area contributed by atoms with Crippen molar-refractivity contribution in [3.8, 4) is 0 Å². The molecule has 0 aromatic carbocycles. The standard InChI is InChI=1S/C10H11N3O4S2/c1-13-6-7(5-11-13)9(10(14)15)12-19(16,17)8-3-2-4-18-8/h2-6,9,12H,1H3,(H,14,15). The summed E-state index contributed by atoms with van der Waals surface area (Å²) in [6.45, 7) is 0. The minimum absolute atomic E-state index is 0.0719. The van der Waals surface area contributed by atoms with Crippen molar-refractivity contribution in [2.75, 3.05) is 0 Å². The number of aliphatic carboxylic acids is 1. The molecule has 1 atom stereocenters. The van der Waals surface area contributed by atoms with Gasteiger partial charge in [0.25, 0.3) is 10.0 Å². The highest BCUT2D eigenvalue weighted by Crippen LogP contribution is 2.20. The van der Waals surface area contributed by atoms with Crippen LogP contribution in [-0.4, -0.2) is 29.3 Å². The molecule has 2 aromatic heterocycles. The number of carbonyl (C=O) groups is 1. The van der Waals surface area contributed by atoms with Crippen LogP contribution in [-0.2, 0) is 21.9 Å². The summed E-state index contributed by atoms with van der Waals surface area (Å²) < 4.78 is 27.6. The first-order chi connectivity index (χ1) is 8.90. The molecule has 0 fully saturated rings. The Kier molecular flexibility index (Phi) is 3.69. The molecule has 2 heterocycles. The van der Waals surface area contributed by atoms with E-state index in [1.807, 2.05) is 0 Å². The molecule has 19 heavy (non-hydrogen) atoms. The fraction of sp³-hybridized carbons (Fsp3) is 0.200. The number of aryl methyl sites for hydroxylation is 1. The fourth-order valence-corrected chi connectivity index (χ4v) is 3.67. The van der Waals surface area contributed by atoms with E-state index in [1.54, 1.807) is 18.5 Å². The van der Waals surface area contributed by atoms with Crippen molar-refractivity contribution in [1.29, 1.82) is 0 Å². The Balaban J connectivity index is 2.30. The van der Waals surface area contributed by atoms with Crippen LogP contribution in [0.2, 0.25) is 0 Å². The van der Waals surface area contributed by atoms with E-state index < -0.39 is 22.0 Å². The van der Waals surface area contributed by atoms with Gasteiger partial charge in [0.15, 0.2) is 0 Å². The molecule has 2 rings (SSSR count). The number of hydrogen-bond acceptors (Lipinski definition) is 5. The minimum atomic E-state index is -3.85. The molecule has 7 nitrogen and oxygen atoms in total. The first kappa shape index (κ1) is 13.7. The third-order valence-corrected chi connectivity index (χ3v) is 5.16. The second-order valence-corrected chi connectivity index (χ2v) is 6.66. The molecule has 0 spiro atoms. The van der Waals surface area contributed by atoms with Gasteiger partial charge in [-0.15, -0.1) is 11.3 Å². The maximum Gasteiger partial charge on any atom is 0.326 e. The zero-order chi connectivity index (χ0) is 14.0. The van der Waals surface area contributed by atoms with Crippen LogP contribution in [0, 0.1) is 0 Å². The molecule has 0 bridgehead atoms. The van der Waals surface area contributed by atoms with Gasteiger partial charge in [-0.3, -0.25) is 9.48 Å². The highest BCUT2D eigenvalue weighted by Gasteiger charge is 2.28. The van der Waals surface area contributed by atoms with Gasteiger partial charge in [-0.05, 0) is 11.4 Å². The number of carboxylic acids is 1. The summed E-state index contributed by atoms with van der Waals surface area (Å²) in [7, 11) is -2.23. The third kappa shape index (κ3) is 3.00. The summed E-state index contributed by atoms with van der Waals surface area (Å²) in [6, 6.07) is 1.63. The van der Waals surface area contributed by atoms with Gasteiger partial charge in [-0.2, -0.15) is 9.82 Å². The normalized spacial score (nSPS) is 13.3. The van der Waals surface area contributed by atoms with Crippen molar-refractivity contribution in [2.24, 2.45) is 7.05 Å². The summed E-state index contributed by atoms with van der Waals surface area (Å²) in [5.74, 6) is -1.28. The number of rotatable bonds is 5. The Morgan fingerprint density at radius 2 is 2.32 bits per heavy atom. The van der Waals surface area contributed by atoms with Crippen LogP contribution in [0.3, 0.4) is 0 Å². The summed E-state index contributed by atoms with van der Waals surface area (Å²) in [6.07, 6.45) is 2.77. The Hall–Kier alpha value is -1.71. The van der Waals surface area contributed by atoms with Crippen LogP contribution in [0.25, 0.3) is 0 Å². The zero-order valence-electron chi connectivity index (χ0n) is 9.85. The van der Waals surface area contributed by atoms with Crippen LogP contribution in [0.1, 0.15) is 11.6 Å². The van der Waals surface area contributed by atoms with Gasteiger partial charge in [-0.25, -0.2) is 8.42 Å². The van der Waals surface area contributed by atoms with Crippen molar-refractivity contribution < 1.29 is 18.3 Å². The van der Waals surface area contributed by atoms with Crippen LogP contribution < -0.4 is 4.72 Å². The lowest BCUT2D eigenvalue weighted by Crippen LogP contribution is -2.33. The monoisotopic (exact) mass is 301 g/mol. The molecule has 0 radical (unpaired) electrons. The van der Waals surface area contributed by atoms with E-state index in [0.717, 1.165) is 11.3 Å². The van der Waals surface area contributed by atoms with E-state index in [4.69, 9.17) is 5.11 Å². The molecule has 0 amide bonds. The lowest BCUT2D eigenvalue weighted by molar-refractivity contribution is -0.139. The Morgan fingerprint density at radius 1 is 1.58 bits per heavy atom. The fourth-order valence-electron chi connectivity index (χ4n) is 1.48. The Labute approximate surface area is 113 Å². The van der Waals surface area contributed by atoms with E-state index >= 15 is 0 Å². The molecule has 0 aliphatic carbocycles. The summed E-state index contributed by atoms with van der Waals surface area (Å²) in [5.41, 5.74) is 0.273. The largest absolute Gasteiger partial charge is 0.480 e. The summed E-state index contributed by atoms with van der Waals surface area (Å²) in [5, 5.41) is 14.6. The molecular formula is C10H11N3O4S2. The molecule has 2 N–H and O–H groups in total. The third-order valence-electron chi connectivity index (χ3n) is 2.34. The summed E-state index contributed by atoms with van der Waals surface area (Å²) >= 11 is 1.02. The first-order valence-corrected chi connectivity index (χ1v) is 7.53. The number of sulfonamides is 1. The minimum Gasteiger partial charge on any atom is -0.480 e. The highest BCUT2D eigenvalue weighted by molar-refractivity contribution is 7.91. The van der Waals surface area contributed by atoms with Gasteiger partial charge in [0.05, 0.1) is 6.20 Å². The van der Waals surface area contributed by atoms with Gasteiger partial charge in [0, 0.05) is 18.8 Å². The number of nitrogens with one attached hydrogen (secondary N) is 1. The lowest BCUT2D eigenvalue weighted by atomic mass is 10.2. The molecule has 102 valence electrons. The van der Waals surface area contributed by atoms with Crippen LogP contribution in [0.15, 0.2) is 34.1 Å². The van der Waals surface area contributed by atoms with Crippen LogP contribution in [0.5, 0.6) is 0 Å². The second kappa shape index (κ2) is 5.11.